The summed E-state index contributed by atoms with van der Waals surface area (Å²) in [5, 5.41) is 0. The molecule has 3 heterocycles. The van der Waals surface area contributed by atoms with E-state index in [4.69, 9.17) is 4.74 Å². The summed E-state index contributed by atoms with van der Waals surface area (Å²) in [6, 6.07) is 8.85. The van der Waals surface area contributed by atoms with Gasteiger partial charge in [0.05, 0.1) is 12.5 Å². The number of likely N-dealkylation sites (tertiary alicyclic amines) is 2. The molecule has 4 heteroatoms. The Balaban J connectivity index is 1.31. The number of hydrogen-bond donors (Lipinski definition) is 0. The van der Waals surface area contributed by atoms with Crippen molar-refractivity contribution in [2.75, 3.05) is 39.4 Å². The van der Waals surface area contributed by atoms with E-state index in [2.05, 4.69) is 41.0 Å². The monoisotopic (exact) mass is 314 g/mol. The molecule has 4 nitrogen and oxygen atoms in total. The predicted molar refractivity (Wildman–Crippen MR) is 88.9 cm³/mol. The van der Waals surface area contributed by atoms with Gasteiger partial charge in [0.15, 0.2) is 0 Å². The van der Waals surface area contributed by atoms with Gasteiger partial charge in [-0.1, -0.05) is 29.8 Å². The number of hydrogen-bond acceptors (Lipinski definition) is 3. The molecule has 0 spiro atoms. The molecule has 0 aromatic heterocycles. The lowest BCUT2D eigenvalue weighted by Gasteiger charge is -2.23. The highest BCUT2D eigenvalue weighted by molar-refractivity contribution is 5.79. The van der Waals surface area contributed by atoms with Crippen LogP contribution in [0.4, 0.5) is 0 Å². The highest BCUT2D eigenvalue weighted by Crippen LogP contribution is 2.33. The van der Waals surface area contributed by atoms with Crippen LogP contribution >= 0.6 is 0 Å². The van der Waals surface area contributed by atoms with Gasteiger partial charge < -0.3 is 9.64 Å². The summed E-state index contributed by atoms with van der Waals surface area (Å²) < 4.78 is 5.37. The van der Waals surface area contributed by atoms with Gasteiger partial charge in [-0.2, -0.15) is 0 Å². The van der Waals surface area contributed by atoms with E-state index in [1.54, 1.807) is 0 Å². The molecule has 1 aromatic rings. The molecule has 0 saturated carbocycles. The molecule has 1 aromatic carbocycles. The van der Waals surface area contributed by atoms with E-state index in [0.717, 1.165) is 45.8 Å². The van der Waals surface area contributed by atoms with Crippen molar-refractivity contribution in [3.63, 3.8) is 0 Å². The molecule has 0 radical (unpaired) electrons. The van der Waals surface area contributed by atoms with Crippen molar-refractivity contribution in [1.29, 1.82) is 0 Å². The van der Waals surface area contributed by atoms with Crippen molar-refractivity contribution in [2.24, 2.45) is 17.8 Å². The maximum Gasteiger partial charge on any atom is 0.228 e. The molecule has 3 aliphatic rings. The average Bonchev–Trinajstić information content (AvgIpc) is 3.24. The van der Waals surface area contributed by atoms with Gasteiger partial charge in [0.2, 0.25) is 5.91 Å². The van der Waals surface area contributed by atoms with Crippen molar-refractivity contribution < 1.29 is 9.53 Å². The highest BCUT2D eigenvalue weighted by Gasteiger charge is 2.42. The summed E-state index contributed by atoms with van der Waals surface area (Å²) >= 11 is 0. The minimum Gasteiger partial charge on any atom is -0.381 e. The van der Waals surface area contributed by atoms with Crippen LogP contribution in [0, 0.1) is 24.7 Å². The molecule has 0 aliphatic carbocycles. The van der Waals surface area contributed by atoms with Crippen molar-refractivity contribution in [3.8, 4) is 0 Å². The fraction of sp³-hybridized carbons (Fsp3) is 0.632. The molecular weight excluding hydrogens is 288 g/mol. The van der Waals surface area contributed by atoms with E-state index in [1.807, 2.05) is 0 Å². The minimum absolute atomic E-state index is 0.123. The second-order valence-corrected chi connectivity index (χ2v) is 7.50. The molecule has 3 saturated heterocycles. The van der Waals surface area contributed by atoms with E-state index in [1.165, 1.54) is 11.1 Å². The number of aryl methyl sites for hydroxylation is 1. The van der Waals surface area contributed by atoms with Gasteiger partial charge in [-0.05, 0) is 30.7 Å². The van der Waals surface area contributed by atoms with Crippen LogP contribution in [0.5, 0.6) is 0 Å². The SMILES string of the molecule is Cc1ccc(CN2C[C@@H]3CN(C(=O)[C@H]4CCOC4)C[C@@H]3C2)cc1. The Morgan fingerprint density at radius 1 is 1.13 bits per heavy atom. The smallest absolute Gasteiger partial charge is 0.228 e. The average molecular weight is 314 g/mol. The van der Waals surface area contributed by atoms with Crippen molar-refractivity contribution in [3.05, 3.63) is 35.4 Å². The zero-order valence-corrected chi connectivity index (χ0v) is 13.9. The summed E-state index contributed by atoms with van der Waals surface area (Å²) in [6.07, 6.45) is 0.907. The first-order valence-corrected chi connectivity index (χ1v) is 8.83. The third-order valence-electron chi connectivity index (χ3n) is 5.68. The van der Waals surface area contributed by atoms with E-state index >= 15 is 0 Å². The Bertz CT molecular complexity index is 551. The number of fused-ring (bicyclic) bond motifs is 1. The molecule has 0 unspecified atom stereocenters. The lowest BCUT2D eigenvalue weighted by Crippen LogP contribution is -2.37. The van der Waals surface area contributed by atoms with Crippen LogP contribution < -0.4 is 0 Å². The maximum atomic E-state index is 12.5. The van der Waals surface area contributed by atoms with Gasteiger partial charge in [-0.15, -0.1) is 0 Å². The molecule has 23 heavy (non-hydrogen) atoms. The number of carbonyl (C=O) groups is 1. The summed E-state index contributed by atoms with van der Waals surface area (Å²) in [7, 11) is 0. The van der Waals surface area contributed by atoms with Gasteiger partial charge in [-0.25, -0.2) is 0 Å². The maximum absolute atomic E-state index is 12.5. The Kier molecular flexibility index (Phi) is 4.12. The second-order valence-electron chi connectivity index (χ2n) is 7.50. The Morgan fingerprint density at radius 3 is 2.43 bits per heavy atom. The summed E-state index contributed by atoms with van der Waals surface area (Å²) in [6.45, 7) is 8.70. The van der Waals surface area contributed by atoms with Crippen molar-refractivity contribution in [1.82, 2.24) is 9.80 Å². The van der Waals surface area contributed by atoms with Gasteiger partial charge in [0, 0.05) is 39.3 Å². The zero-order valence-electron chi connectivity index (χ0n) is 13.9. The van der Waals surface area contributed by atoms with Crippen molar-refractivity contribution >= 4 is 5.91 Å². The summed E-state index contributed by atoms with van der Waals surface area (Å²) in [5.41, 5.74) is 2.71. The van der Waals surface area contributed by atoms with Gasteiger partial charge in [-0.3, -0.25) is 9.69 Å². The highest BCUT2D eigenvalue weighted by atomic mass is 16.5. The largest absolute Gasteiger partial charge is 0.381 e. The predicted octanol–water partition coefficient (Wildman–Crippen LogP) is 1.92. The molecule has 124 valence electrons. The zero-order chi connectivity index (χ0) is 15.8. The first kappa shape index (κ1) is 15.2. The molecule has 3 fully saturated rings. The van der Waals surface area contributed by atoms with Gasteiger partial charge >= 0.3 is 0 Å². The van der Waals surface area contributed by atoms with E-state index in [-0.39, 0.29) is 5.92 Å². The van der Waals surface area contributed by atoms with E-state index in [0.29, 0.717) is 24.3 Å². The molecule has 4 rings (SSSR count). The Labute approximate surface area is 138 Å². The quantitative estimate of drug-likeness (QED) is 0.854. The topological polar surface area (TPSA) is 32.8 Å². The first-order valence-electron chi connectivity index (χ1n) is 8.83. The van der Waals surface area contributed by atoms with Crippen LogP contribution in [0.3, 0.4) is 0 Å². The van der Waals surface area contributed by atoms with E-state index < -0.39 is 0 Å². The number of ether oxygens (including phenoxy) is 1. The number of amides is 1. The van der Waals surface area contributed by atoms with Gasteiger partial charge in [0.1, 0.15) is 0 Å². The standard InChI is InChI=1S/C19H26N2O2/c1-14-2-4-15(5-3-14)8-20-9-17-11-21(12-18(17)10-20)19(22)16-6-7-23-13-16/h2-5,16-18H,6-13H2,1H3/t16-,17-,18+/m0/s1. The number of rotatable bonds is 3. The van der Waals surface area contributed by atoms with Crippen LogP contribution in [0.15, 0.2) is 24.3 Å². The number of carbonyl (C=O) groups excluding carboxylic acids is 1. The molecular formula is C19H26N2O2. The fourth-order valence-electron chi connectivity index (χ4n) is 4.34. The third kappa shape index (κ3) is 3.15. The summed E-state index contributed by atoms with van der Waals surface area (Å²) in [4.78, 5) is 17.2. The van der Waals surface area contributed by atoms with Crippen LogP contribution in [-0.2, 0) is 16.1 Å². The fourth-order valence-corrected chi connectivity index (χ4v) is 4.34. The van der Waals surface area contributed by atoms with Crippen LogP contribution in [0.2, 0.25) is 0 Å². The molecule has 0 N–H and O–H groups in total. The Hall–Kier alpha value is -1.39. The third-order valence-corrected chi connectivity index (χ3v) is 5.68. The number of nitrogens with zero attached hydrogens (tertiary/aromatic N) is 2. The molecule has 1 amide bonds. The van der Waals surface area contributed by atoms with Crippen molar-refractivity contribution in [2.45, 2.75) is 19.9 Å². The van der Waals surface area contributed by atoms with Crippen LogP contribution in [0.1, 0.15) is 17.5 Å². The second kappa shape index (κ2) is 6.25. The summed E-state index contributed by atoms with van der Waals surface area (Å²) in [5.74, 6) is 1.78. The Morgan fingerprint density at radius 2 is 1.83 bits per heavy atom. The normalized spacial score (nSPS) is 30.8. The number of benzene rings is 1. The molecule has 3 atom stereocenters. The molecule has 3 aliphatic heterocycles. The lowest BCUT2D eigenvalue weighted by atomic mass is 10.0. The van der Waals surface area contributed by atoms with Crippen LogP contribution in [0.25, 0.3) is 0 Å². The van der Waals surface area contributed by atoms with Crippen LogP contribution in [-0.4, -0.2) is 55.1 Å². The van der Waals surface area contributed by atoms with Gasteiger partial charge in [0.25, 0.3) is 0 Å². The lowest BCUT2D eigenvalue weighted by molar-refractivity contribution is -0.134. The minimum atomic E-state index is 0.123. The van der Waals surface area contributed by atoms with E-state index in [9.17, 15) is 4.79 Å². The first-order chi connectivity index (χ1) is 11.2. The molecule has 0 bridgehead atoms.